The SMILES string of the molecule is CC(C)(C)[C@@H](NS(=O)(=O)c1cc(Cl)cc(Cl)c1)C(=O)O. The minimum Gasteiger partial charge on any atom is -0.480 e. The number of hydrogen-bond acceptors (Lipinski definition) is 3. The summed E-state index contributed by atoms with van der Waals surface area (Å²) in [4.78, 5) is 11.0. The molecule has 20 heavy (non-hydrogen) atoms. The number of carboxylic acid groups (broad SMARTS) is 1. The van der Waals surface area contributed by atoms with Crippen molar-refractivity contribution in [2.45, 2.75) is 31.7 Å². The van der Waals surface area contributed by atoms with Crippen molar-refractivity contribution < 1.29 is 18.3 Å². The van der Waals surface area contributed by atoms with Gasteiger partial charge in [0.1, 0.15) is 6.04 Å². The summed E-state index contributed by atoms with van der Waals surface area (Å²) in [7, 11) is -4.03. The Balaban J connectivity index is 3.20. The summed E-state index contributed by atoms with van der Waals surface area (Å²) in [6.07, 6.45) is 0. The third-order valence-corrected chi connectivity index (χ3v) is 4.37. The number of benzene rings is 1. The maximum atomic E-state index is 12.2. The van der Waals surface area contributed by atoms with Crippen LogP contribution in [-0.4, -0.2) is 25.5 Å². The second kappa shape index (κ2) is 5.89. The molecule has 8 heteroatoms. The van der Waals surface area contributed by atoms with Crippen LogP contribution in [0.3, 0.4) is 0 Å². The van der Waals surface area contributed by atoms with Crippen LogP contribution in [0.15, 0.2) is 23.1 Å². The molecule has 2 N–H and O–H groups in total. The average Bonchev–Trinajstić information content (AvgIpc) is 2.22. The Morgan fingerprint density at radius 1 is 1.20 bits per heavy atom. The van der Waals surface area contributed by atoms with E-state index in [-0.39, 0.29) is 14.9 Å². The number of nitrogens with one attached hydrogen (secondary N) is 1. The number of halogens is 2. The summed E-state index contributed by atoms with van der Waals surface area (Å²) in [5, 5.41) is 9.46. The van der Waals surface area contributed by atoms with Gasteiger partial charge in [-0.15, -0.1) is 0 Å². The summed E-state index contributed by atoms with van der Waals surface area (Å²) in [6.45, 7) is 4.87. The predicted molar refractivity (Wildman–Crippen MR) is 77.7 cm³/mol. The van der Waals surface area contributed by atoms with E-state index in [2.05, 4.69) is 4.72 Å². The fourth-order valence-corrected chi connectivity index (χ4v) is 3.62. The molecule has 0 radical (unpaired) electrons. The largest absolute Gasteiger partial charge is 0.480 e. The van der Waals surface area contributed by atoms with Gasteiger partial charge in [0.15, 0.2) is 0 Å². The molecule has 0 aliphatic heterocycles. The fourth-order valence-electron chi connectivity index (χ4n) is 1.50. The lowest BCUT2D eigenvalue weighted by Gasteiger charge is -2.27. The van der Waals surface area contributed by atoms with Gasteiger partial charge in [-0.1, -0.05) is 44.0 Å². The number of aliphatic carboxylic acids is 1. The van der Waals surface area contributed by atoms with Crippen molar-refractivity contribution in [3.8, 4) is 0 Å². The van der Waals surface area contributed by atoms with Crippen LogP contribution >= 0.6 is 23.2 Å². The van der Waals surface area contributed by atoms with E-state index in [9.17, 15) is 13.2 Å². The molecule has 1 atom stereocenters. The highest BCUT2D eigenvalue weighted by Crippen LogP contribution is 2.25. The highest BCUT2D eigenvalue weighted by molar-refractivity contribution is 7.89. The van der Waals surface area contributed by atoms with Crippen LogP contribution in [0.4, 0.5) is 0 Å². The maximum Gasteiger partial charge on any atom is 0.322 e. The molecular weight excluding hydrogens is 325 g/mol. The molecule has 0 saturated heterocycles. The van der Waals surface area contributed by atoms with Gasteiger partial charge in [0.2, 0.25) is 10.0 Å². The van der Waals surface area contributed by atoms with Crippen molar-refractivity contribution in [2.75, 3.05) is 0 Å². The molecule has 0 aliphatic carbocycles. The van der Waals surface area contributed by atoms with Crippen molar-refractivity contribution in [2.24, 2.45) is 5.41 Å². The van der Waals surface area contributed by atoms with Gasteiger partial charge in [-0.25, -0.2) is 8.42 Å². The van der Waals surface area contributed by atoms with Crippen molar-refractivity contribution in [3.63, 3.8) is 0 Å². The highest BCUT2D eigenvalue weighted by atomic mass is 35.5. The minimum atomic E-state index is -4.03. The molecule has 1 aromatic carbocycles. The van der Waals surface area contributed by atoms with Crippen molar-refractivity contribution in [1.82, 2.24) is 4.72 Å². The van der Waals surface area contributed by atoms with E-state index < -0.39 is 27.4 Å². The van der Waals surface area contributed by atoms with Crippen molar-refractivity contribution in [3.05, 3.63) is 28.2 Å². The Kier molecular flexibility index (Phi) is 5.08. The van der Waals surface area contributed by atoms with Crippen molar-refractivity contribution >= 4 is 39.2 Å². The van der Waals surface area contributed by atoms with Crippen LogP contribution in [0.25, 0.3) is 0 Å². The topological polar surface area (TPSA) is 83.5 Å². The lowest BCUT2D eigenvalue weighted by molar-refractivity contribution is -0.141. The monoisotopic (exact) mass is 339 g/mol. The Morgan fingerprint density at radius 3 is 2.00 bits per heavy atom. The second-order valence-corrected chi connectivity index (χ2v) is 7.95. The second-order valence-electron chi connectivity index (χ2n) is 5.36. The third-order valence-electron chi connectivity index (χ3n) is 2.53. The summed E-state index contributed by atoms with van der Waals surface area (Å²) >= 11 is 11.5. The van der Waals surface area contributed by atoms with Gasteiger partial charge in [0, 0.05) is 10.0 Å². The first-order chi connectivity index (χ1) is 8.93. The van der Waals surface area contributed by atoms with Crippen LogP contribution in [0.1, 0.15) is 20.8 Å². The lowest BCUT2D eigenvalue weighted by atomic mass is 9.88. The normalized spacial score (nSPS) is 14.1. The molecule has 0 aromatic heterocycles. The molecule has 5 nitrogen and oxygen atoms in total. The third kappa shape index (κ3) is 4.34. The van der Waals surface area contributed by atoms with E-state index in [1.807, 2.05) is 0 Å². The van der Waals surface area contributed by atoms with Gasteiger partial charge in [-0.3, -0.25) is 4.79 Å². The van der Waals surface area contributed by atoms with Gasteiger partial charge < -0.3 is 5.11 Å². The maximum absolute atomic E-state index is 12.2. The van der Waals surface area contributed by atoms with E-state index >= 15 is 0 Å². The van der Waals surface area contributed by atoms with Crippen LogP contribution < -0.4 is 4.72 Å². The molecule has 0 bridgehead atoms. The summed E-state index contributed by atoms with van der Waals surface area (Å²) in [5.74, 6) is -1.26. The number of carbonyl (C=O) groups is 1. The Morgan fingerprint density at radius 2 is 1.65 bits per heavy atom. The molecule has 1 rings (SSSR count). The quantitative estimate of drug-likeness (QED) is 0.883. The molecule has 0 amide bonds. The molecule has 0 aliphatic rings. The molecule has 0 saturated carbocycles. The summed E-state index contributed by atoms with van der Waals surface area (Å²) in [6, 6.07) is 2.53. The Labute approximate surface area is 127 Å². The Hall–Kier alpha value is -0.820. The van der Waals surface area contributed by atoms with E-state index in [0.717, 1.165) is 0 Å². The molecule has 0 heterocycles. The molecule has 1 aromatic rings. The number of rotatable bonds is 4. The van der Waals surface area contributed by atoms with Gasteiger partial charge in [-0.05, 0) is 23.6 Å². The first kappa shape index (κ1) is 17.2. The highest BCUT2D eigenvalue weighted by Gasteiger charge is 2.35. The summed E-state index contributed by atoms with van der Waals surface area (Å²) in [5.41, 5.74) is -0.790. The fraction of sp³-hybridized carbons (Fsp3) is 0.417. The zero-order valence-electron chi connectivity index (χ0n) is 11.1. The van der Waals surface area contributed by atoms with Crippen LogP contribution in [0.2, 0.25) is 10.0 Å². The summed E-state index contributed by atoms with van der Waals surface area (Å²) < 4.78 is 26.6. The van der Waals surface area contributed by atoms with Gasteiger partial charge in [0.25, 0.3) is 0 Å². The zero-order valence-corrected chi connectivity index (χ0v) is 13.5. The predicted octanol–water partition coefficient (Wildman–Crippen LogP) is 2.77. The van der Waals surface area contributed by atoms with E-state index in [0.29, 0.717) is 0 Å². The average molecular weight is 340 g/mol. The molecular formula is C12H15Cl2NO4S. The van der Waals surface area contributed by atoms with Gasteiger partial charge >= 0.3 is 5.97 Å². The van der Waals surface area contributed by atoms with E-state index in [4.69, 9.17) is 28.3 Å². The molecule has 0 fully saturated rings. The number of carboxylic acids is 1. The smallest absolute Gasteiger partial charge is 0.322 e. The van der Waals surface area contributed by atoms with Gasteiger partial charge in [0.05, 0.1) is 4.90 Å². The van der Waals surface area contributed by atoms with Gasteiger partial charge in [-0.2, -0.15) is 4.72 Å². The lowest BCUT2D eigenvalue weighted by Crippen LogP contribution is -2.48. The van der Waals surface area contributed by atoms with Crippen LogP contribution in [0, 0.1) is 5.41 Å². The molecule has 0 spiro atoms. The van der Waals surface area contributed by atoms with Crippen LogP contribution in [0.5, 0.6) is 0 Å². The number of sulfonamides is 1. The zero-order chi connectivity index (χ0) is 15.7. The van der Waals surface area contributed by atoms with E-state index in [1.54, 1.807) is 20.8 Å². The Bertz CT molecular complexity index is 603. The van der Waals surface area contributed by atoms with Crippen LogP contribution in [-0.2, 0) is 14.8 Å². The number of hydrogen-bond donors (Lipinski definition) is 2. The minimum absolute atomic E-state index is 0.153. The molecule has 112 valence electrons. The van der Waals surface area contributed by atoms with E-state index in [1.165, 1.54) is 18.2 Å². The standard InChI is InChI=1S/C12H15Cl2NO4S/c1-12(2,3)10(11(16)17)15-20(18,19)9-5-7(13)4-8(14)6-9/h4-6,10,15H,1-3H3,(H,16,17)/t10-/m0/s1. The molecule has 0 unspecified atom stereocenters. The van der Waals surface area contributed by atoms with Crippen molar-refractivity contribution in [1.29, 1.82) is 0 Å². The first-order valence-corrected chi connectivity index (χ1v) is 7.88. The first-order valence-electron chi connectivity index (χ1n) is 5.65.